The quantitative estimate of drug-likeness (QED) is 0.216. The normalized spacial score (nSPS) is 28.0. The smallest absolute Gasteiger partial charge is 0.168 e. The van der Waals surface area contributed by atoms with Crippen LogP contribution >= 0.6 is 0 Å². The van der Waals surface area contributed by atoms with Crippen molar-refractivity contribution < 1.29 is 9.00 Å². The Morgan fingerprint density at radius 1 is 0.714 bits per heavy atom. The monoisotopic (exact) mass is 578 g/mol. The number of rotatable bonds is 6. The molecule has 42 heavy (non-hydrogen) atoms. The number of fused-ring (bicyclic) bond motifs is 3. The fourth-order valence-corrected chi connectivity index (χ4v) is 11.1. The summed E-state index contributed by atoms with van der Waals surface area (Å²) in [6.07, 6.45) is 3.44. The van der Waals surface area contributed by atoms with Gasteiger partial charge in [0, 0.05) is 21.8 Å². The lowest BCUT2D eigenvalue weighted by Crippen LogP contribution is -2.47. The van der Waals surface area contributed by atoms with Gasteiger partial charge in [0.1, 0.15) is 0 Å². The van der Waals surface area contributed by atoms with E-state index in [9.17, 15) is 9.00 Å². The van der Waals surface area contributed by atoms with Crippen molar-refractivity contribution in [2.75, 3.05) is 0 Å². The van der Waals surface area contributed by atoms with E-state index >= 15 is 0 Å². The van der Waals surface area contributed by atoms with Gasteiger partial charge in [-0.15, -0.1) is 0 Å². The molecule has 1 aliphatic carbocycles. The van der Waals surface area contributed by atoms with Gasteiger partial charge < -0.3 is 0 Å². The molecule has 2 fully saturated rings. The third-order valence-corrected chi connectivity index (χ3v) is 13.5. The summed E-state index contributed by atoms with van der Waals surface area (Å²) in [5.41, 5.74) is 8.36. The molecule has 6 rings (SSSR count). The summed E-state index contributed by atoms with van der Waals surface area (Å²) in [5.74, 6) is -0.101. The van der Waals surface area contributed by atoms with Gasteiger partial charge >= 0.3 is 0 Å². The van der Waals surface area contributed by atoms with E-state index < -0.39 is 20.3 Å². The minimum Gasteiger partial charge on any atom is -0.294 e. The average Bonchev–Trinajstić information content (AvgIpc) is 3.70. The second-order valence-corrected chi connectivity index (χ2v) is 17.6. The molecule has 2 aliphatic heterocycles. The molecule has 1 spiro atoms. The SMILES string of the molecule is CC(C)(C)c1ccc(CC2=C(Cc3ccc(C(C)(C)C)cc3)[C@@]3(C)S(=O)[C@]2(C)C(C(=O)c2ccccc2)C32CC2)cc1. The molecule has 0 aromatic heterocycles. The zero-order valence-corrected chi connectivity index (χ0v) is 27.5. The Labute approximate surface area is 255 Å². The third kappa shape index (κ3) is 4.25. The summed E-state index contributed by atoms with van der Waals surface area (Å²) in [5, 5.41) is 0. The second kappa shape index (κ2) is 9.61. The number of ketones is 1. The largest absolute Gasteiger partial charge is 0.294 e. The summed E-state index contributed by atoms with van der Waals surface area (Å²) < 4.78 is 13.7. The molecule has 2 bridgehead atoms. The topological polar surface area (TPSA) is 34.1 Å². The molecular weight excluding hydrogens is 532 g/mol. The van der Waals surface area contributed by atoms with Crippen molar-refractivity contribution in [3.63, 3.8) is 0 Å². The molecule has 4 atom stereocenters. The molecule has 2 nitrogen and oxygen atoms in total. The van der Waals surface area contributed by atoms with Crippen LogP contribution in [-0.4, -0.2) is 19.5 Å². The van der Waals surface area contributed by atoms with Gasteiger partial charge in [0.05, 0.1) is 15.4 Å². The summed E-state index contributed by atoms with van der Waals surface area (Å²) in [6.45, 7) is 17.9. The van der Waals surface area contributed by atoms with Crippen LogP contribution < -0.4 is 0 Å². The first-order chi connectivity index (χ1) is 19.6. The maximum atomic E-state index is 14.9. The first-order valence-electron chi connectivity index (χ1n) is 15.6. The van der Waals surface area contributed by atoms with E-state index in [1.807, 2.05) is 30.3 Å². The first-order valence-corrected chi connectivity index (χ1v) is 16.7. The molecule has 3 aromatic rings. The Kier molecular flexibility index (Phi) is 6.71. The molecule has 220 valence electrons. The predicted molar refractivity (Wildman–Crippen MR) is 176 cm³/mol. The fourth-order valence-electron chi connectivity index (χ4n) is 8.19. The van der Waals surface area contributed by atoms with Crippen LogP contribution in [0.25, 0.3) is 0 Å². The van der Waals surface area contributed by atoms with Gasteiger partial charge in [-0.1, -0.05) is 120 Å². The standard InChI is InChI=1S/C39H46O2S/c1-35(2,3)29-18-14-26(15-19-29)24-31-32(25-27-16-20-30(21-17-27)36(4,5)6)38(8)39(22-23-39)34(37(31,7)42(38)41)33(40)28-12-10-9-11-13-28/h9-21,34H,22-25H2,1-8H3/t34?,37-,38+,42?/m0/s1. The summed E-state index contributed by atoms with van der Waals surface area (Å²) in [7, 11) is -1.20. The van der Waals surface area contributed by atoms with Crippen molar-refractivity contribution in [3.8, 4) is 0 Å². The molecule has 0 N–H and O–H groups in total. The van der Waals surface area contributed by atoms with Crippen LogP contribution in [0.2, 0.25) is 0 Å². The van der Waals surface area contributed by atoms with Crippen LogP contribution in [0.1, 0.15) is 101 Å². The van der Waals surface area contributed by atoms with E-state index in [1.165, 1.54) is 33.4 Å². The summed E-state index contributed by atoms with van der Waals surface area (Å²) in [4.78, 5) is 14.4. The number of Topliss-reactive ketones (excluding diaryl/α,β-unsaturated/α-hetero) is 1. The molecule has 2 heterocycles. The van der Waals surface area contributed by atoms with Gasteiger partial charge in [-0.2, -0.15) is 0 Å². The van der Waals surface area contributed by atoms with Crippen molar-refractivity contribution in [2.45, 2.75) is 101 Å². The van der Waals surface area contributed by atoms with Crippen LogP contribution in [0.4, 0.5) is 0 Å². The highest BCUT2D eigenvalue weighted by Crippen LogP contribution is 2.78. The minimum atomic E-state index is -1.20. The summed E-state index contributed by atoms with van der Waals surface area (Å²) >= 11 is 0. The average molecular weight is 579 g/mol. The molecule has 3 aromatic carbocycles. The Morgan fingerprint density at radius 2 is 1.17 bits per heavy atom. The van der Waals surface area contributed by atoms with Crippen LogP contribution in [0.15, 0.2) is 90.0 Å². The maximum Gasteiger partial charge on any atom is 0.168 e. The highest BCUT2D eigenvalue weighted by molar-refractivity contribution is 7.89. The zero-order valence-electron chi connectivity index (χ0n) is 26.6. The van der Waals surface area contributed by atoms with Crippen molar-refractivity contribution in [2.24, 2.45) is 11.3 Å². The second-order valence-electron chi connectivity index (χ2n) is 15.4. The third-order valence-electron chi connectivity index (χ3n) is 10.9. The highest BCUT2D eigenvalue weighted by atomic mass is 32.2. The van der Waals surface area contributed by atoms with Gasteiger partial charge in [0.15, 0.2) is 5.78 Å². The van der Waals surface area contributed by atoms with Gasteiger partial charge in [0.25, 0.3) is 0 Å². The van der Waals surface area contributed by atoms with Gasteiger partial charge in [0.2, 0.25) is 0 Å². The van der Waals surface area contributed by atoms with Crippen LogP contribution in [0.5, 0.6) is 0 Å². The number of carbonyl (C=O) groups excluding carboxylic acids is 1. The zero-order chi connectivity index (χ0) is 30.3. The molecule has 3 heteroatoms. The van der Waals surface area contributed by atoms with E-state index in [0.29, 0.717) is 0 Å². The van der Waals surface area contributed by atoms with E-state index in [0.717, 1.165) is 31.2 Å². The number of hydrogen-bond acceptors (Lipinski definition) is 2. The predicted octanol–water partition coefficient (Wildman–Crippen LogP) is 8.94. The number of carbonyl (C=O) groups is 1. The lowest BCUT2D eigenvalue weighted by atomic mass is 9.59. The molecular formula is C39H46O2S. The number of hydrogen-bond donors (Lipinski definition) is 0. The van der Waals surface area contributed by atoms with E-state index in [2.05, 4.69) is 104 Å². The Morgan fingerprint density at radius 3 is 1.60 bits per heavy atom. The summed E-state index contributed by atoms with van der Waals surface area (Å²) in [6, 6.07) is 27.7. The van der Waals surface area contributed by atoms with E-state index in [-0.39, 0.29) is 27.9 Å². The lowest BCUT2D eigenvalue weighted by Gasteiger charge is -2.41. The first kappa shape index (κ1) is 29.3. The molecule has 0 amide bonds. The Hall–Kier alpha value is -2.78. The molecule has 2 unspecified atom stereocenters. The lowest BCUT2D eigenvalue weighted by molar-refractivity contribution is 0.0814. The fraction of sp³-hybridized carbons (Fsp3) is 0.462. The van der Waals surface area contributed by atoms with E-state index in [4.69, 9.17) is 0 Å². The van der Waals surface area contributed by atoms with Gasteiger partial charge in [-0.25, -0.2) is 0 Å². The van der Waals surface area contributed by atoms with Gasteiger partial charge in [-0.05, 0) is 83.8 Å². The molecule has 3 aliphatic rings. The van der Waals surface area contributed by atoms with Gasteiger partial charge in [-0.3, -0.25) is 9.00 Å². The van der Waals surface area contributed by atoms with Crippen molar-refractivity contribution >= 4 is 16.6 Å². The van der Waals surface area contributed by atoms with Crippen LogP contribution in [0.3, 0.4) is 0 Å². The highest BCUT2D eigenvalue weighted by Gasteiger charge is 2.82. The van der Waals surface area contributed by atoms with Crippen molar-refractivity contribution in [3.05, 3.63) is 118 Å². The van der Waals surface area contributed by atoms with Crippen LogP contribution in [0, 0.1) is 11.3 Å². The Balaban J connectivity index is 1.49. The van der Waals surface area contributed by atoms with Crippen molar-refractivity contribution in [1.29, 1.82) is 0 Å². The maximum absolute atomic E-state index is 14.9. The molecule has 1 saturated carbocycles. The molecule has 0 radical (unpaired) electrons. The van der Waals surface area contributed by atoms with Crippen LogP contribution in [-0.2, 0) is 34.5 Å². The minimum absolute atomic E-state index is 0.0844. The Bertz CT molecular complexity index is 1580. The number of benzene rings is 3. The molecule has 1 saturated heterocycles. The van der Waals surface area contributed by atoms with Crippen molar-refractivity contribution in [1.82, 2.24) is 0 Å². The van der Waals surface area contributed by atoms with E-state index in [1.54, 1.807) is 0 Å².